The molecule has 4 fully saturated rings. The van der Waals surface area contributed by atoms with Gasteiger partial charge in [0, 0.05) is 104 Å². The summed E-state index contributed by atoms with van der Waals surface area (Å²) in [6.45, 7) is 7.04. The maximum Gasteiger partial charge on any atom is 0.320 e. The minimum atomic E-state index is -1.15. The number of fused-ring (bicyclic) bond motifs is 2. The molecule has 2 aliphatic carbocycles. The Morgan fingerprint density at radius 3 is 1.35 bits per heavy atom. The van der Waals surface area contributed by atoms with E-state index in [9.17, 15) is 25.2 Å². The van der Waals surface area contributed by atoms with Crippen molar-refractivity contribution in [2.45, 2.75) is 139 Å². The largest absolute Gasteiger partial charge is 0.388 e. The lowest BCUT2D eigenvalue weighted by molar-refractivity contribution is 0.00473. The number of piperidine rings is 2. The summed E-state index contributed by atoms with van der Waals surface area (Å²) in [5.74, 6) is 2.90. The van der Waals surface area contributed by atoms with Gasteiger partial charge in [-0.1, -0.05) is 13.8 Å². The molecule has 0 unspecified atom stereocenters. The Balaban J connectivity index is 0.700. The number of urea groups is 1. The Morgan fingerprint density at radius 2 is 0.975 bits per heavy atom. The molecule has 0 radical (unpaired) electrons. The van der Waals surface area contributed by atoms with Gasteiger partial charge < -0.3 is 69.8 Å². The standard InChI is InChI=1S/C49H68N26O5/c1-5-35-62-66-74(64-35)33-19-31(39(76)41(33)78)72-25-54-37-43(58-47(60-45(37)72)50-13-7-29-21-68(3)23-52-29)56-27-9-15-70(16-10-27)49(80)71-17-11-28(12-18-71)57-44-38-46(61-48(59-44)51-14-8-30-22-69(4)24-53-30)73(26-55-38)32-20-34(42(79)40(32)77)75-65-36(6-2)63-67-75/h21-28,31-34,39-42,76-79H,5-20H2,1-4H3,(H2,50,56,58,60)(H2,51,57,59,61)/t31-,32-,33+,34+,39+,40+,41-,42-/m1/s1. The number of amides is 2. The van der Waals surface area contributed by atoms with Crippen LogP contribution in [0, 0.1) is 0 Å². The number of rotatable bonds is 18. The SMILES string of the molecule is CCc1nnn([C@H]2C[C@@H](n3cnc4c(NC5CCN(C(=O)N6CCC(Nc7nc(NCCc8cn(C)cn8)nc8c7ncn8[C@@H]7C[C@H](n8nnc(CC)n8)[C@@H](O)[C@H]7O)CC6)CC5)nc(NCCc5cn(C)cn5)nc43)[C@H](O)[C@@H]2O)n1. The first-order chi connectivity index (χ1) is 38.9. The predicted molar refractivity (Wildman–Crippen MR) is 287 cm³/mol. The number of aliphatic hydroxyl groups is 4. The number of hydrogen-bond donors (Lipinski definition) is 8. The Bertz CT molecular complexity index is 3200. The number of nitrogens with zero attached hydrogens (tertiary/aromatic N) is 22. The van der Waals surface area contributed by atoms with Crippen molar-refractivity contribution in [1.82, 2.24) is 108 Å². The molecule has 2 aliphatic heterocycles. The number of carbonyl (C=O) groups is 1. The van der Waals surface area contributed by atoms with Crippen molar-refractivity contribution in [3.05, 3.63) is 60.7 Å². The summed E-state index contributed by atoms with van der Waals surface area (Å²) in [7, 11) is 3.86. The Kier molecular flexibility index (Phi) is 14.6. The molecule has 8 N–H and O–H groups in total. The summed E-state index contributed by atoms with van der Waals surface area (Å²) in [4.78, 5) is 58.8. The molecule has 2 saturated heterocycles. The molecule has 8 aromatic heterocycles. The van der Waals surface area contributed by atoms with E-state index < -0.39 is 48.6 Å². The van der Waals surface area contributed by atoms with Crippen LogP contribution in [0.4, 0.5) is 28.3 Å². The van der Waals surface area contributed by atoms with Crippen LogP contribution in [-0.2, 0) is 39.8 Å². The molecular formula is C49H68N26O5. The lowest BCUT2D eigenvalue weighted by Crippen LogP contribution is -2.51. The molecule has 8 atom stereocenters. The normalized spacial score (nSPS) is 23.9. The van der Waals surface area contributed by atoms with Crippen LogP contribution in [0.5, 0.6) is 0 Å². The second kappa shape index (κ2) is 22.2. The first-order valence-corrected chi connectivity index (χ1v) is 27.6. The van der Waals surface area contributed by atoms with E-state index in [0.717, 1.165) is 11.4 Å². The van der Waals surface area contributed by atoms with Gasteiger partial charge in [0.25, 0.3) is 0 Å². The van der Waals surface area contributed by atoms with Gasteiger partial charge in [0.1, 0.15) is 36.5 Å². The highest BCUT2D eigenvalue weighted by Gasteiger charge is 2.47. The summed E-state index contributed by atoms with van der Waals surface area (Å²) in [6.07, 6.45) is 11.9. The lowest BCUT2D eigenvalue weighted by atomic mass is 10.0. The molecule has 31 heteroatoms. The van der Waals surface area contributed by atoms with Gasteiger partial charge in [0.2, 0.25) is 11.9 Å². The zero-order valence-electron chi connectivity index (χ0n) is 45.1. The van der Waals surface area contributed by atoms with E-state index >= 15 is 0 Å². The van der Waals surface area contributed by atoms with Gasteiger partial charge in [-0.2, -0.15) is 29.5 Å². The smallest absolute Gasteiger partial charge is 0.320 e. The number of tetrazole rings is 2. The molecule has 8 aromatic rings. The molecule has 0 spiro atoms. The number of likely N-dealkylation sites (tertiary alicyclic amines) is 2. The summed E-state index contributed by atoms with van der Waals surface area (Å²) >= 11 is 0. The van der Waals surface area contributed by atoms with Gasteiger partial charge in [0.05, 0.1) is 48.8 Å². The van der Waals surface area contributed by atoms with Crippen LogP contribution in [0.2, 0.25) is 0 Å². The van der Waals surface area contributed by atoms with Crippen molar-refractivity contribution in [3.63, 3.8) is 0 Å². The summed E-state index contributed by atoms with van der Waals surface area (Å²) < 4.78 is 7.40. The minimum Gasteiger partial charge on any atom is -0.388 e. The molecule has 424 valence electrons. The monoisotopic (exact) mass is 1100 g/mol. The third-order valence-electron chi connectivity index (χ3n) is 16.0. The molecule has 4 aliphatic rings. The Hall–Kier alpha value is -8.03. The van der Waals surface area contributed by atoms with Crippen molar-refractivity contribution >= 4 is 51.9 Å². The van der Waals surface area contributed by atoms with E-state index in [4.69, 9.17) is 29.9 Å². The molecule has 80 heavy (non-hydrogen) atoms. The highest BCUT2D eigenvalue weighted by molar-refractivity contribution is 5.85. The molecular weight excluding hydrogens is 1030 g/mol. The maximum absolute atomic E-state index is 14.2. The van der Waals surface area contributed by atoms with Crippen molar-refractivity contribution in [2.24, 2.45) is 14.1 Å². The zero-order valence-corrected chi connectivity index (χ0v) is 45.1. The van der Waals surface area contributed by atoms with Crippen molar-refractivity contribution in [1.29, 1.82) is 0 Å². The third kappa shape index (κ3) is 10.5. The lowest BCUT2D eigenvalue weighted by Gasteiger charge is -2.39. The fraction of sp³-hybridized carbons (Fsp3) is 0.612. The van der Waals surface area contributed by atoms with Gasteiger partial charge >= 0.3 is 6.03 Å². The molecule has 2 saturated carbocycles. The molecule has 10 heterocycles. The number of anilines is 4. The van der Waals surface area contributed by atoms with Crippen LogP contribution >= 0.6 is 0 Å². The van der Waals surface area contributed by atoms with Gasteiger partial charge in [-0.05, 0) is 49.0 Å². The number of hydrogen-bond acceptors (Lipinski definition) is 23. The van der Waals surface area contributed by atoms with Crippen LogP contribution in [0.25, 0.3) is 22.3 Å². The fourth-order valence-corrected chi connectivity index (χ4v) is 11.5. The first-order valence-electron chi connectivity index (χ1n) is 27.6. The second-order valence-electron chi connectivity index (χ2n) is 21.4. The van der Waals surface area contributed by atoms with E-state index in [1.54, 1.807) is 34.4 Å². The third-order valence-corrected chi connectivity index (χ3v) is 16.0. The van der Waals surface area contributed by atoms with E-state index in [1.165, 1.54) is 9.59 Å². The van der Waals surface area contributed by atoms with Crippen LogP contribution in [0.3, 0.4) is 0 Å². The summed E-state index contributed by atoms with van der Waals surface area (Å²) in [6, 6.07) is -2.44. The average molecular weight is 1100 g/mol. The molecule has 0 aromatic carbocycles. The van der Waals surface area contributed by atoms with Crippen LogP contribution in [0.15, 0.2) is 37.7 Å². The van der Waals surface area contributed by atoms with Crippen LogP contribution in [-0.4, -0.2) is 211 Å². The van der Waals surface area contributed by atoms with Crippen molar-refractivity contribution < 1.29 is 25.2 Å². The van der Waals surface area contributed by atoms with Crippen LogP contribution in [0.1, 0.15) is 99.6 Å². The van der Waals surface area contributed by atoms with Crippen molar-refractivity contribution in [3.8, 4) is 0 Å². The molecule has 12 rings (SSSR count). The molecule has 0 bridgehead atoms. The maximum atomic E-state index is 14.2. The Labute approximate surface area is 458 Å². The summed E-state index contributed by atoms with van der Waals surface area (Å²) in [5.41, 5.74) is 3.86. The average Bonchev–Trinajstić information content (AvgIpc) is 4.48. The Morgan fingerprint density at radius 1 is 0.562 bits per heavy atom. The number of aryl methyl sites for hydroxylation is 4. The highest BCUT2D eigenvalue weighted by Crippen LogP contribution is 2.41. The van der Waals surface area contributed by atoms with E-state index in [1.807, 2.05) is 59.3 Å². The topological polar surface area (TPSA) is 363 Å². The molecule has 2 amide bonds. The zero-order chi connectivity index (χ0) is 55.2. The van der Waals surface area contributed by atoms with E-state index in [0.29, 0.717) is 161 Å². The van der Waals surface area contributed by atoms with Gasteiger partial charge in [-0.3, -0.25) is 0 Å². The number of aliphatic hydroxyl groups excluding tert-OH is 4. The second-order valence-corrected chi connectivity index (χ2v) is 21.4. The van der Waals surface area contributed by atoms with Crippen molar-refractivity contribution in [2.75, 3.05) is 60.5 Å². The van der Waals surface area contributed by atoms with Gasteiger partial charge in [-0.15, -0.1) is 20.4 Å². The van der Waals surface area contributed by atoms with Crippen LogP contribution < -0.4 is 21.3 Å². The first kappa shape index (κ1) is 52.7. The fourth-order valence-electron chi connectivity index (χ4n) is 11.5. The quantitative estimate of drug-likeness (QED) is 0.0570. The number of aromatic nitrogens is 20. The van der Waals surface area contributed by atoms with Gasteiger partial charge in [-0.25, -0.2) is 24.7 Å². The number of nitrogens with one attached hydrogen (secondary N) is 4. The number of imidazole rings is 4. The van der Waals surface area contributed by atoms with E-state index in [2.05, 4.69) is 62.1 Å². The van der Waals surface area contributed by atoms with E-state index in [-0.39, 0.29) is 18.1 Å². The highest BCUT2D eigenvalue weighted by atomic mass is 16.3. The molecule has 31 nitrogen and oxygen atoms in total. The van der Waals surface area contributed by atoms with Gasteiger partial charge in [0.15, 0.2) is 45.6 Å². The number of carbonyl (C=O) groups excluding carboxylic acids is 1. The predicted octanol–water partition coefficient (Wildman–Crippen LogP) is 0.229. The summed E-state index contributed by atoms with van der Waals surface area (Å²) in [5, 5.41) is 84.7. The minimum absolute atomic E-state index is 0.00253.